The molecule has 0 aromatic carbocycles. The summed E-state index contributed by atoms with van der Waals surface area (Å²) in [6.07, 6.45) is 4.34. The van der Waals surface area contributed by atoms with Crippen molar-refractivity contribution >= 4 is 5.97 Å². The Morgan fingerprint density at radius 1 is 1.47 bits per heavy atom. The zero-order valence-corrected chi connectivity index (χ0v) is 10.6. The molecule has 0 spiro atoms. The second-order valence-corrected chi connectivity index (χ2v) is 5.14. The summed E-state index contributed by atoms with van der Waals surface area (Å²) in [4.78, 5) is 14.1. The SMILES string of the molecule is CCOC(=O)C(C#N)C1C[C@H]2CC[C@@H](C1)N2C. The number of nitrogens with zero attached hydrogens (tertiary/aromatic N) is 2. The third kappa shape index (κ3) is 2.30. The van der Waals surface area contributed by atoms with Crippen LogP contribution in [0.3, 0.4) is 0 Å². The third-order valence-electron chi connectivity index (χ3n) is 4.29. The van der Waals surface area contributed by atoms with Gasteiger partial charge in [0.25, 0.3) is 0 Å². The monoisotopic (exact) mass is 236 g/mol. The van der Waals surface area contributed by atoms with E-state index in [1.807, 2.05) is 0 Å². The molecule has 2 heterocycles. The molecule has 2 fully saturated rings. The van der Waals surface area contributed by atoms with Crippen LogP contribution < -0.4 is 0 Å². The molecule has 2 rings (SSSR count). The maximum absolute atomic E-state index is 11.7. The number of carbonyl (C=O) groups is 1. The number of piperidine rings is 1. The molecule has 2 aliphatic rings. The van der Waals surface area contributed by atoms with E-state index in [0.29, 0.717) is 18.7 Å². The standard InChI is InChI=1S/C13H20N2O2/c1-3-17-13(16)12(8-14)9-6-10-4-5-11(7-9)15(10)2/h9-12H,3-7H2,1-2H3/t9?,10-,11+,12?. The van der Waals surface area contributed by atoms with Crippen LogP contribution in [0.25, 0.3) is 0 Å². The van der Waals surface area contributed by atoms with Gasteiger partial charge in [-0.05, 0) is 45.6 Å². The van der Waals surface area contributed by atoms with Gasteiger partial charge < -0.3 is 9.64 Å². The lowest BCUT2D eigenvalue weighted by Gasteiger charge is -2.37. The number of rotatable bonds is 3. The lowest BCUT2D eigenvalue weighted by molar-refractivity contribution is -0.148. The maximum atomic E-state index is 11.7. The summed E-state index contributed by atoms with van der Waals surface area (Å²) >= 11 is 0. The zero-order chi connectivity index (χ0) is 12.4. The van der Waals surface area contributed by atoms with Crippen molar-refractivity contribution in [2.24, 2.45) is 11.8 Å². The molecule has 0 saturated carbocycles. The van der Waals surface area contributed by atoms with Crippen molar-refractivity contribution < 1.29 is 9.53 Å². The highest BCUT2D eigenvalue weighted by Gasteiger charge is 2.43. The maximum Gasteiger partial charge on any atom is 0.323 e. The number of hydrogen-bond acceptors (Lipinski definition) is 4. The van der Waals surface area contributed by atoms with Crippen LogP contribution in [0, 0.1) is 23.2 Å². The highest BCUT2D eigenvalue weighted by molar-refractivity contribution is 5.75. The topological polar surface area (TPSA) is 53.3 Å². The molecule has 2 aliphatic heterocycles. The summed E-state index contributed by atoms with van der Waals surface area (Å²) in [5.41, 5.74) is 0. The van der Waals surface area contributed by atoms with Crippen molar-refractivity contribution in [2.75, 3.05) is 13.7 Å². The van der Waals surface area contributed by atoms with E-state index < -0.39 is 5.92 Å². The minimum atomic E-state index is -0.563. The van der Waals surface area contributed by atoms with Gasteiger partial charge >= 0.3 is 5.97 Å². The van der Waals surface area contributed by atoms with Gasteiger partial charge in [-0.15, -0.1) is 0 Å². The fourth-order valence-electron chi connectivity index (χ4n) is 3.31. The molecule has 0 amide bonds. The Labute approximate surface area is 103 Å². The second-order valence-electron chi connectivity index (χ2n) is 5.14. The molecule has 0 aromatic rings. The first-order valence-corrected chi connectivity index (χ1v) is 6.45. The van der Waals surface area contributed by atoms with Crippen molar-refractivity contribution in [3.63, 3.8) is 0 Å². The quantitative estimate of drug-likeness (QED) is 0.698. The smallest absolute Gasteiger partial charge is 0.323 e. The molecule has 0 aliphatic carbocycles. The first-order valence-electron chi connectivity index (χ1n) is 6.45. The predicted molar refractivity (Wildman–Crippen MR) is 63.0 cm³/mol. The van der Waals surface area contributed by atoms with Crippen LogP contribution in [0.15, 0.2) is 0 Å². The number of carbonyl (C=O) groups excluding carboxylic acids is 1. The summed E-state index contributed by atoms with van der Waals surface area (Å²) in [7, 11) is 2.16. The predicted octanol–water partition coefficient (Wildman–Crippen LogP) is 1.56. The molecule has 4 heteroatoms. The molecule has 4 nitrogen and oxygen atoms in total. The van der Waals surface area contributed by atoms with E-state index in [2.05, 4.69) is 18.0 Å². The van der Waals surface area contributed by atoms with Crippen LogP contribution >= 0.6 is 0 Å². The van der Waals surface area contributed by atoms with Crippen molar-refractivity contribution in [3.05, 3.63) is 0 Å². The molecule has 0 aromatic heterocycles. The lowest BCUT2D eigenvalue weighted by Crippen LogP contribution is -2.43. The number of ether oxygens (including phenoxy) is 1. The normalized spacial score (nSPS) is 34.1. The van der Waals surface area contributed by atoms with Gasteiger partial charge in [-0.1, -0.05) is 0 Å². The van der Waals surface area contributed by atoms with Gasteiger partial charge in [-0.2, -0.15) is 5.26 Å². The lowest BCUT2D eigenvalue weighted by atomic mass is 9.81. The van der Waals surface area contributed by atoms with Gasteiger partial charge in [-0.3, -0.25) is 4.79 Å². The van der Waals surface area contributed by atoms with Crippen molar-refractivity contribution in [1.82, 2.24) is 4.90 Å². The molecular weight excluding hydrogens is 216 g/mol. The molecule has 2 bridgehead atoms. The van der Waals surface area contributed by atoms with Gasteiger partial charge in [0.05, 0.1) is 12.7 Å². The highest BCUT2D eigenvalue weighted by Crippen LogP contribution is 2.40. The van der Waals surface area contributed by atoms with Crippen molar-refractivity contribution in [1.29, 1.82) is 5.26 Å². The fraction of sp³-hybridized carbons (Fsp3) is 0.846. The third-order valence-corrected chi connectivity index (χ3v) is 4.29. The Bertz CT molecular complexity index is 323. The Kier molecular flexibility index (Phi) is 3.68. The van der Waals surface area contributed by atoms with Crippen LogP contribution in [-0.2, 0) is 9.53 Å². The minimum Gasteiger partial charge on any atom is -0.465 e. The summed E-state index contributed by atoms with van der Waals surface area (Å²) in [5, 5.41) is 9.17. The molecule has 4 atom stereocenters. The molecule has 94 valence electrons. The van der Waals surface area contributed by atoms with Crippen molar-refractivity contribution in [2.45, 2.75) is 44.7 Å². The summed E-state index contributed by atoms with van der Waals surface area (Å²) < 4.78 is 4.99. The van der Waals surface area contributed by atoms with Crippen LogP contribution in [0.1, 0.15) is 32.6 Å². The molecule has 2 unspecified atom stereocenters. The second kappa shape index (κ2) is 5.05. The highest BCUT2D eigenvalue weighted by atomic mass is 16.5. The number of fused-ring (bicyclic) bond motifs is 2. The van der Waals surface area contributed by atoms with Gasteiger partial charge in [0.15, 0.2) is 0 Å². The molecule has 17 heavy (non-hydrogen) atoms. The largest absolute Gasteiger partial charge is 0.465 e. The minimum absolute atomic E-state index is 0.188. The first-order chi connectivity index (χ1) is 8.17. The molecular formula is C13H20N2O2. The Hall–Kier alpha value is -1.08. The number of hydrogen-bond donors (Lipinski definition) is 0. The van der Waals surface area contributed by atoms with E-state index in [0.717, 1.165) is 12.8 Å². The van der Waals surface area contributed by atoms with Gasteiger partial charge in [-0.25, -0.2) is 0 Å². The van der Waals surface area contributed by atoms with Crippen LogP contribution in [0.2, 0.25) is 0 Å². The first kappa shape index (κ1) is 12.4. The van der Waals surface area contributed by atoms with E-state index in [1.54, 1.807) is 6.92 Å². The van der Waals surface area contributed by atoms with Crippen LogP contribution in [0.4, 0.5) is 0 Å². The van der Waals surface area contributed by atoms with Crippen molar-refractivity contribution in [3.8, 4) is 6.07 Å². The number of nitriles is 1. The summed E-state index contributed by atoms with van der Waals surface area (Å²) in [6, 6.07) is 3.27. The zero-order valence-electron chi connectivity index (χ0n) is 10.6. The van der Waals surface area contributed by atoms with Gasteiger partial charge in [0, 0.05) is 12.1 Å². The molecule has 0 radical (unpaired) electrons. The van der Waals surface area contributed by atoms with E-state index in [9.17, 15) is 4.79 Å². The summed E-state index contributed by atoms with van der Waals surface area (Å²) in [5.74, 6) is -0.705. The summed E-state index contributed by atoms with van der Waals surface area (Å²) in [6.45, 7) is 2.14. The Morgan fingerprint density at radius 2 is 2.06 bits per heavy atom. The average molecular weight is 236 g/mol. The van der Waals surface area contributed by atoms with Gasteiger partial charge in [0.1, 0.15) is 5.92 Å². The van der Waals surface area contributed by atoms with E-state index >= 15 is 0 Å². The van der Waals surface area contributed by atoms with Gasteiger partial charge in [0.2, 0.25) is 0 Å². The van der Waals surface area contributed by atoms with E-state index in [4.69, 9.17) is 10.00 Å². The Morgan fingerprint density at radius 3 is 2.53 bits per heavy atom. The fourth-order valence-corrected chi connectivity index (χ4v) is 3.31. The number of esters is 1. The van der Waals surface area contributed by atoms with Crippen LogP contribution in [0.5, 0.6) is 0 Å². The van der Waals surface area contributed by atoms with Crippen LogP contribution in [-0.4, -0.2) is 36.6 Å². The Balaban J connectivity index is 2.03. The van der Waals surface area contributed by atoms with E-state index in [-0.39, 0.29) is 11.9 Å². The molecule has 0 N–H and O–H groups in total. The van der Waals surface area contributed by atoms with E-state index in [1.165, 1.54) is 12.8 Å². The molecule has 2 saturated heterocycles. The average Bonchev–Trinajstić information content (AvgIpc) is 2.54.